The number of ether oxygens (including phenoxy) is 2. The summed E-state index contributed by atoms with van der Waals surface area (Å²) >= 11 is 0. The number of fused-ring (bicyclic) bond motifs is 1. The number of amides is 1. The van der Waals surface area contributed by atoms with Gasteiger partial charge in [0.05, 0.1) is 29.6 Å². The summed E-state index contributed by atoms with van der Waals surface area (Å²) in [5.74, 6) is 1.31. The van der Waals surface area contributed by atoms with Gasteiger partial charge in [0.1, 0.15) is 24.2 Å². The van der Waals surface area contributed by atoms with Crippen molar-refractivity contribution in [3.63, 3.8) is 0 Å². The predicted octanol–water partition coefficient (Wildman–Crippen LogP) is 3.45. The van der Waals surface area contributed by atoms with Crippen molar-refractivity contribution in [2.75, 3.05) is 44.8 Å². The van der Waals surface area contributed by atoms with Crippen LogP contribution in [0.1, 0.15) is 30.6 Å². The van der Waals surface area contributed by atoms with Crippen molar-refractivity contribution >= 4 is 17.2 Å². The SMILES string of the molecule is CC[C@@H](O)COc1cc(-c2ccc(N3CCN(C(=O)[C@H](OC)c4ccccc4)CC3)nc2)c2c(C#N)cnn2c1. The molecular weight excluding hydrogens is 508 g/mol. The molecule has 1 aromatic carbocycles. The standard InChI is InChI=1S/C30H32N6O4/c1-3-24(37)20-40-25-15-26(28-23(16-31)18-33-36(28)19-25)22-9-10-27(32-17-22)34-11-13-35(14-12-34)30(38)29(39-2)21-7-5-4-6-8-21/h4-10,15,17-19,24,29,37H,3,11-14,20H2,1-2H3/t24-,29-/m1/s1. The number of carbonyl (C=O) groups is 1. The molecular formula is C30H32N6O4. The number of hydrogen-bond acceptors (Lipinski definition) is 8. The monoisotopic (exact) mass is 540 g/mol. The van der Waals surface area contributed by atoms with E-state index in [0.717, 1.165) is 22.5 Å². The minimum atomic E-state index is -0.617. The van der Waals surface area contributed by atoms with Crippen molar-refractivity contribution in [2.24, 2.45) is 0 Å². The van der Waals surface area contributed by atoms with Crippen LogP contribution in [0.3, 0.4) is 0 Å². The number of anilines is 1. The van der Waals surface area contributed by atoms with Crippen molar-refractivity contribution in [1.29, 1.82) is 5.26 Å². The summed E-state index contributed by atoms with van der Waals surface area (Å²) < 4.78 is 13.0. The van der Waals surface area contributed by atoms with E-state index >= 15 is 0 Å². The van der Waals surface area contributed by atoms with Crippen LogP contribution in [-0.2, 0) is 9.53 Å². The van der Waals surface area contributed by atoms with Crippen LogP contribution < -0.4 is 9.64 Å². The molecule has 3 aromatic heterocycles. The van der Waals surface area contributed by atoms with Gasteiger partial charge in [0.25, 0.3) is 5.91 Å². The number of hydrogen-bond donors (Lipinski definition) is 1. The number of aliphatic hydroxyl groups excluding tert-OH is 1. The first-order chi connectivity index (χ1) is 19.5. The first-order valence-electron chi connectivity index (χ1n) is 13.3. The van der Waals surface area contributed by atoms with E-state index in [9.17, 15) is 15.2 Å². The molecule has 0 saturated carbocycles. The molecule has 40 heavy (non-hydrogen) atoms. The molecule has 10 nitrogen and oxygen atoms in total. The second-order valence-corrected chi connectivity index (χ2v) is 9.67. The molecule has 10 heteroatoms. The molecule has 5 rings (SSSR count). The van der Waals surface area contributed by atoms with Gasteiger partial charge in [-0.05, 0) is 30.2 Å². The van der Waals surface area contributed by atoms with Gasteiger partial charge in [0, 0.05) is 50.6 Å². The molecule has 1 aliphatic heterocycles. The molecule has 1 saturated heterocycles. The highest BCUT2D eigenvalue weighted by molar-refractivity contribution is 5.85. The second-order valence-electron chi connectivity index (χ2n) is 9.67. The van der Waals surface area contributed by atoms with Crippen LogP contribution in [0.25, 0.3) is 16.6 Å². The Balaban J connectivity index is 1.31. The van der Waals surface area contributed by atoms with Gasteiger partial charge in [0.15, 0.2) is 6.10 Å². The highest BCUT2D eigenvalue weighted by Crippen LogP contribution is 2.31. The van der Waals surface area contributed by atoms with Crippen molar-refractivity contribution in [1.82, 2.24) is 19.5 Å². The van der Waals surface area contributed by atoms with E-state index in [4.69, 9.17) is 14.5 Å². The maximum atomic E-state index is 13.2. The number of rotatable bonds is 9. The van der Waals surface area contributed by atoms with Gasteiger partial charge >= 0.3 is 0 Å². The maximum Gasteiger partial charge on any atom is 0.256 e. The lowest BCUT2D eigenvalue weighted by Gasteiger charge is -2.36. The lowest BCUT2D eigenvalue weighted by molar-refractivity contribution is -0.142. The molecule has 1 aliphatic rings. The number of nitrogens with zero attached hydrogens (tertiary/aromatic N) is 6. The van der Waals surface area contributed by atoms with Crippen LogP contribution in [0.2, 0.25) is 0 Å². The Hall–Kier alpha value is -4.46. The lowest BCUT2D eigenvalue weighted by Crippen LogP contribution is -2.50. The molecule has 0 bridgehead atoms. The fourth-order valence-electron chi connectivity index (χ4n) is 4.85. The second kappa shape index (κ2) is 12.2. The maximum absolute atomic E-state index is 13.2. The Bertz CT molecular complexity index is 1490. The van der Waals surface area contributed by atoms with Gasteiger partial charge in [-0.2, -0.15) is 10.4 Å². The molecule has 0 aliphatic carbocycles. The van der Waals surface area contributed by atoms with E-state index in [0.29, 0.717) is 49.4 Å². The van der Waals surface area contributed by atoms with Crippen molar-refractivity contribution in [3.05, 3.63) is 78.2 Å². The van der Waals surface area contributed by atoms with Crippen LogP contribution in [-0.4, -0.2) is 76.5 Å². The van der Waals surface area contributed by atoms with Crippen molar-refractivity contribution < 1.29 is 19.4 Å². The molecule has 206 valence electrons. The van der Waals surface area contributed by atoms with Crippen LogP contribution in [0.15, 0.2) is 67.1 Å². The smallest absolute Gasteiger partial charge is 0.256 e. The Morgan fingerprint density at radius 3 is 2.55 bits per heavy atom. The average Bonchev–Trinajstić information content (AvgIpc) is 3.43. The summed E-state index contributed by atoms with van der Waals surface area (Å²) in [7, 11) is 1.56. The molecule has 1 fully saturated rings. The lowest BCUT2D eigenvalue weighted by atomic mass is 10.1. The first kappa shape index (κ1) is 27.1. The van der Waals surface area contributed by atoms with E-state index in [1.54, 1.807) is 24.0 Å². The zero-order chi connectivity index (χ0) is 28.1. The van der Waals surface area contributed by atoms with Crippen LogP contribution in [0.4, 0.5) is 5.82 Å². The van der Waals surface area contributed by atoms with E-state index in [-0.39, 0.29) is 12.5 Å². The minimum absolute atomic E-state index is 0.0386. The van der Waals surface area contributed by atoms with Gasteiger partial charge in [0.2, 0.25) is 0 Å². The number of pyridine rings is 2. The van der Waals surface area contributed by atoms with Gasteiger partial charge in [-0.15, -0.1) is 0 Å². The molecule has 1 amide bonds. The number of aromatic nitrogens is 3. The third kappa shape index (κ3) is 5.61. The molecule has 2 atom stereocenters. The fourth-order valence-corrected chi connectivity index (χ4v) is 4.85. The van der Waals surface area contributed by atoms with Crippen LogP contribution in [0, 0.1) is 11.3 Å². The largest absolute Gasteiger partial charge is 0.489 e. The Labute approximate surface area is 233 Å². The number of benzene rings is 1. The van der Waals surface area contributed by atoms with Crippen LogP contribution in [0.5, 0.6) is 5.75 Å². The highest BCUT2D eigenvalue weighted by Gasteiger charge is 2.29. The number of nitriles is 1. The van der Waals surface area contributed by atoms with E-state index in [1.807, 2.05) is 60.4 Å². The van der Waals surface area contributed by atoms with Crippen molar-refractivity contribution in [3.8, 4) is 22.9 Å². The predicted molar refractivity (Wildman–Crippen MR) is 150 cm³/mol. The Morgan fingerprint density at radius 1 is 1.12 bits per heavy atom. The topological polar surface area (TPSA) is 116 Å². The summed E-state index contributed by atoms with van der Waals surface area (Å²) in [6, 6.07) is 17.5. The summed E-state index contributed by atoms with van der Waals surface area (Å²) in [4.78, 5) is 21.9. The van der Waals surface area contributed by atoms with Gasteiger partial charge in [-0.25, -0.2) is 9.50 Å². The summed E-state index contributed by atoms with van der Waals surface area (Å²) in [6.45, 7) is 4.49. The summed E-state index contributed by atoms with van der Waals surface area (Å²) in [5.41, 5.74) is 3.53. The van der Waals surface area contributed by atoms with Gasteiger partial charge in [-0.1, -0.05) is 37.3 Å². The Morgan fingerprint density at radius 2 is 1.90 bits per heavy atom. The molecule has 4 heterocycles. The number of methoxy groups -OCH3 is 1. The molecule has 0 spiro atoms. The van der Waals surface area contributed by atoms with Gasteiger partial charge in [-0.3, -0.25) is 4.79 Å². The third-order valence-electron chi connectivity index (χ3n) is 7.16. The molecule has 4 aromatic rings. The molecule has 0 unspecified atom stereocenters. The van der Waals surface area contributed by atoms with E-state index in [2.05, 4.69) is 16.1 Å². The zero-order valence-electron chi connectivity index (χ0n) is 22.6. The molecule has 0 radical (unpaired) electrons. The van der Waals surface area contributed by atoms with E-state index < -0.39 is 12.2 Å². The summed E-state index contributed by atoms with van der Waals surface area (Å²) in [6.07, 6.45) is 4.41. The summed E-state index contributed by atoms with van der Waals surface area (Å²) in [5, 5.41) is 23.9. The number of carbonyl (C=O) groups excluding carboxylic acids is 1. The quantitative estimate of drug-likeness (QED) is 0.343. The van der Waals surface area contributed by atoms with Crippen molar-refractivity contribution in [2.45, 2.75) is 25.6 Å². The van der Waals surface area contributed by atoms with Gasteiger partial charge < -0.3 is 24.4 Å². The third-order valence-corrected chi connectivity index (χ3v) is 7.16. The minimum Gasteiger partial charge on any atom is -0.489 e. The Kier molecular flexibility index (Phi) is 8.24. The molecule has 1 N–H and O–H groups in total. The number of aliphatic hydroxyl groups is 1. The van der Waals surface area contributed by atoms with Crippen LogP contribution >= 0.6 is 0 Å². The number of piperazine rings is 1. The first-order valence-corrected chi connectivity index (χ1v) is 13.3. The van der Waals surface area contributed by atoms with E-state index in [1.165, 1.54) is 6.20 Å². The normalized spacial score (nSPS) is 15.1. The average molecular weight is 541 g/mol. The fraction of sp³-hybridized carbons (Fsp3) is 0.333. The highest BCUT2D eigenvalue weighted by atomic mass is 16.5. The zero-order valence-corrected chi connectivity index (χ0v) is 22.6.